The molecule has 2 aromatic carbocycles. The van der Waals surface area contributed by atoms with Crippen molar-refractivity contribution >= 4 is 39.1 Å². The van der Waals surface area contributed by atoms with Crippen molar-refractivity contribution in [3.8, 4) is 0 Å². The Morgan fingerprint density at radius 2 is 1.95 bits per heavy atom. The molecule has 0 unspecified atom stereocenters. The molecule has 0 aliphatic heterocycles. The second kappa shape index (κ2) is 5.72. The Hall–Kier alpha value is -1.39. The van der Waals surface area contributed by atoms with Gasteiger partial charge in [0.25, 0.3) is 5.91 Å². The molecule has 2 rings (SSSR count). The minimum Gasteiger partial charge on any atom is -0.319 e. The molecule has 0 spiro atoms. The standard InChI is InChI=1S/C14H10BrClFNO/c1-8-4-2-5-9(12(8)15)14(19)18-11-7-3-6-10(16)13(11)17/h2-7H,1H3,(H,18,19). The Balaban J connectivity index is 2.31. The first-order valence-electron chi connectivity index (χ1n) is 5.51. The highest BCUT2D eigenvalue weighted by Gasteiger charge is 2.14. The van der Waals surface area contributed by atoms with Crippen LogP contribution in [-0.2, 0) is 0 Å². The molecule has 2 nitrogen and oxygen atoms in total. The minimum atomic E-state index is -0.638. The van der Waals surface area contributed by atoms with Crippen molar-refractivity contribution in [3.05, 3.63) is 62.8 Å². The zero-order valence-corrected chi connectivity index (χ0v) is 12.3. The van der Waals surface area contributed by atoms with Crippen molar-refractivity contribution in [1.82, 2.24) is 0 Å². The molecule has 5 heteroatoms. The molecule has 0 atom stereocenters. The van der Waals surface area contributed by atoms with E-state index in [-0.39, 0.29) is 10.7 Å². The highest BCUT2D eigenvalue weighted by molar-refractivity contribution is 9.10. The number of anilines is 1. The zero-order valence-electron chi connectivity index (χ0n) is 10.0. The van der Waals surface area contributed by atoms with Gasteiger partial charge in [0.2, 0.25) is 0 Å². The first-order chi connectivity index (χ1) is 9.00. The van der Waals surface area contributed by atoms with Crippen LogP contribution in [0.3, 0.4) is 0 Å². The van der Waals surface area contributed by atoms with Crippen LogP contribution in [0, 0.1) is 12.7 Å². The number of nitrogens with one attached hydrogen (secondary N) is 1. The maximum absolute atomic E-state index is 13.7. The number of hydrogen-bond donors (Lipinski definition) is 1. The van der Waals surface area contributed by atoms with Crippen molar-refractivity contribution in [2.45, 2.75) is 6.92 Å². The average molecular weight is 343 g/mol. The van der Waals surface area contributed by atoms with Crippen LogP contribution < -0.4 is 5.32 Å². The van der Waals surface area contributed by atoms with Crippen LogP contribution in [0.5, 0.6) is 0 Å². The SMILES string of the molecule is Cc1cccc(C(=O)Nc2cccc(Cl)c2F)c1Br. The van der Waals surface area contributed by atoms with Crippen LogP contribution in [0.25, 0.3) is 0 Å². The summed E-state index contributed by atoms with van der Waals surface area (Å²) in [5, 5.41) is 2.48. The molecule has 1 amide bonds. The summed E-state index contributed by atoms with van der Waals surface area (Å²) in [6.07, 6.45) is 0. The van der Waals surface area contributed by atoms with Crippen LogP contribution in [0.4, 0.5) is 10.1 Å². The summed E-state index contributed by atoms with van der Waals surface area (Å²) in [6, 6.07) is 9.77. The monoisotopic (exact) mass is 341 g/mol. The van der Waals surface area contributed by atoms with Gasteiger partial charge in [-0.3, -0.25) is 4.79 Å². The lowest BCUT2D eigenvalue weighted by Crippen LogP contribution is -2.14. The lowest BCUT2D eigenvalue weighted by Gasteiger charge is -2.09. The van der Waals surface area contributed by atoms with Gasteiger partial charge in [0.1, 0.15) is 0 Å². The molecule has 0 saturated carbocycles. The van der Waals surface area contributed by atoms with Gasteiger partial charge in [-0.05, 0) is 46.6 Å². The van der Waals surface area contributed by atoms with Crippen LogP contribution in [0.15, 0.2) is 40.9 Å². The summed E-state index contributed by atoms with van der Waals surface area (Å²) in [6.45, 7) is 1.88. The topological polar surface area (TPSA) is 29.1 Å². The van der Waals surface area contributed by atoms with Crippen LogP contribution in [-0.4, -0.2) is 5.91 Å². The molecule has 2 aromatic rings. The Kier molecular flexibility index (Phi) is 4.22. The Morgan fingerprint density at radius 3 is 2.68 bits per heavy atom. The van der Waals surface area contributed by atoms with E-state index in [2.05, 4.69) is 21.2 Å². The van der Waals surface area contributed by atoms with Gasteiger partial charge in [-0.2, -0.15) is 0 Å². The second-order valence-corrected chi connectivity index (χ2v) is 5.19. The summed E-state index contributed by atoms with van der Waals surface area (Å²) in [7, 11) is 0. The van der Waals surface area contributed by atoms with Gasteiger partial charge in [-0.1, -0.05) is 29.8 Å². The van der Waals surface area contributed by atoms with E-state index in [4.69, 9.17) is 11.6 Å². The van der Waals surface area contributed by atoms with E-state index in [0.717, 1.165) is 5.56 Å². The molecule has 0 aliphatic rings. The minimum absolute atomic E-state index is 0.0268. The third-order valence-electron chi connectivity index (χ3n) is 2.64. The molecule has 0 aliphatic carbocycles. The number of carbonyl (C=O) groups is 1. The van der Waals surface area contributed by atoms with Crippen LogP contribution in [0.1, 0.15) is 15.9 Å². The first-order valence-corrected chi connectivity index (χ1v) is 6.68. The van der Waals surface area contributed by atoms with Gasteiger partial charge in [0, 0.05) is 4.47 Å². The van der Waals surface area contributed by atoms with E-state index in [1.807, 2.05) is 13.0 Å². The molecular weight excluding hydrogens is 333 g/mol. The average Bonchev–Trinajstić information content (AvgIpc) is 2.38. The molecule has 0 fully saturated rings. The van der Waals surface area contributed by atoms with Gasteiger partial charge in [0.05, 0.1) is 16.3 Å². The molecule has 0 bridgehead atoms. The summed E-state index contributed by atoms with van der Waals surface area (Å²) < 4.78 is 14.4. The van der Waals surface area contributed by atoms with E-state index in [1.54, 1.807) is 18.2 Å². The van der Waals surface area contributed by atoms with Crippen LogP contribution >= 0.6 is 27.5 Å². The summed E-state index contributed by atoms with van der Waals surface area (Å²) >= 11 is 9.01. The van der Waals surface area contributed by atoms with E-state index in [9.17, 15) is 9.18 Å². The fourth-order valence-electron chi connectivity index (χ4n) is 1.61. The maximum atomic E-state index is 13.7. The third-order valence-corrected chi connectivity index (χ3v) is 3.98. The molecule has 0 aromatic heterocycles. The van der Waals surface area contributed by atoms with E-state index in [1.165, 1.54) is 12.1 Å². The molecule has 98 valence electrons. The number of amides is 1. The lowest BCUT2D eigenvalue weighted by molar-refractivity contribution is 0.102. The third kappa shape index (κ3) is 2.96. The van der Waals surface area contributed by atoms with Gasteiger partial charge >= 0.3 is 0 Å². The van der Waals surface area contributed by atoms with E-state index in [0.29, 0.717) is 10.0 Å². The maximum Gasteiger partial charge on any atom is 0.256 e. The number of aryl methyl sites for hydroxylation is 1. The molecule has 0 saturated heterocycles. The highest BCUT2D eigenvalue weighted by atomic mass is 79.9. The highest BCUT2D eigenvalue weighted by Crippen LogP contribution is 2.25. The van der Waals surface area contributed by atoms with Crippen molar-refractivity contribution in [3.63, 3.8) is 0 Å². The summed E-state index contributed by atoms with van der Waals surface area (Å²) in [5.41, 5.74) is 1.43. The number of rotatable bonds is 2. The van der Waals surface area contributed by atoms with E-state index < -0.39 is 11.7 Å². The molecule has 0 heterocycles. The first kappa shape index (κ1) is 14.0. The number of halogens is 3. The van der Waals surface area contributed by atoms with Crippen molar-refractivity contribution in [2.75, 3.05) is 5.32 Å². The van der Waals surface area contributed by atoms with Crippen molar-refractivity contribution in [2.24, 2.45) is 0 Å². The Bertz CT molecular complexity index is 645. The Morgan fingerprint density at radius 1 is 1.26 bits per heavy atom. The summed E-state index contributed by atoms with van der Waals surface area (Å²) in [5.74, 6) is -1.03. The number of benzene rings is 2. The quantitative estimate of drug-likeness (QED) is 0.834. The predicted octanol–water partition coefficient (Wildman–Crippen LogP) is 4.80. The molecule has 1 N–H and O–H groups in total. The van der Waals surface area contributed by atoms with Gasteiger partial charge in [-0.25, -0.2) is 4.39 Å². The zero-order chi connectivity index (χ0) is 14.0. The molecule has 0 radical (unpaired) electrons. The van der Waals surface area contributed by atoms with Crippen LogP contribution in [0.2, 0.25) is 5.02 Å². The fourth-order valence-corrected chi connectivity index (χ4v) is 2.23. The second-order valence-electron chi connectivity index (χ2n) is 3.99. The van der Waals surface area contributed by atoms with Gasteiger partial charge in [0.15, 0.2) is 5.82 Å². The fraction of sp³-hybridized carbons (Fsp3) is 0.0714. The lowest BCUT2D eigenvalue weighted by atomic mass is 10.1. The summed E-state index contributed by atoms with van der Waals surface area (Å²) in [4.78, 5) is 12.1. The predicted molar refractivity (Wildman–Crippen MR) is 78.2 cm³/mol. The number of hydrogen-bond acceptors (Lipinski definition) is 1. The Labute approximate surface area is 123 Å². The normalized spacial score (nSPS) is 10.3. The van der Waals surface area contributed by atoms with Gasteiger partial charge in [-0.15, -0.1) is 0 Å². The largest absolute Gasteiger partial charge is 0.319 e. The smallest absolute Gasteiger partial charge is 0.256 e. The van der Waals surface area contributed by atoms with Crippen molar-refractivity contribution < 1.29 is 9.18 Å². The van der Waals surface area contributed by atoms with E-state index >= 15 is 0 Å². The van der Waals surface area contributed by atoms with Crippen molar-refractivity contribution in [1.29, 1.82) is 0 Å². The number of carbonyl (C=O) groups excluding carboxylic acids is 1. The molecule has 19 heavy (non-hydrogen) atoms. The molecular formula is C14H10BrClFNO. The van der Waals surface area contributed by atoms with Gasteiger partial charge < -0.3 is 5.32 Å².